The Kier molecular flexibility index (Phi) is 3.84. The lowest BCUT2D eigenvalue weighted by atomic mass is 10.2. The highest BCUT2D eigenvalue weighted by Crippen LogP contribution is 2.27. The van der Waals surface area contributed by atoms with E-state index < -0.39 is 0 Å². The fraction of sp³-hybridized carbons (Fsp3) is 0.211. The SMILES string of the molecule is Cc1c(-c2cnc3c(Nc4cccc(N(C)C)c4)nccn23)cnn1C. The maximum Gasteiger partial charge on any atom is 0.180 e. The van der Waals surface area contributed by atoms with Crippen molar-refractivity contribution < 1.29 is 0 Å². The smallest absolute Gasteiger partial charge is 0.180 e. The standard InChI is InChI=1S/C19H21N7/c1-13-16(11-22-25(13)4)17-12-21-19-18(20-8-9-26(17)19)23-14-6-5-7-15(10-14)24(2)3/h5-12H,1-4H3,(H,20,23). The Morgan fingerprint density at radius 3 is 2.69 bits per heavy atom. The summed E-state index contributed by atoms with van der Waals surface area (Å²) in [4.78, 5) is 11.1. The maximum absolute atomic E-state index is 4.59. The number of hydrogen-bond acceptors (Lipinski definition) is 5. The molecule has 0 saturated carbocycles. The molecule has 4 rings (SSSR count). The molecular formula is C19H21N7. The summed E-state index contributed by atoms with van der Waals surface area (Å²) in [5.41, 5.74) is 6.03. The second-order valence-electron chi connectivity index (χ2n) is 6.45. The molecule has 0 radical (unpaired) electrons. The van der Waals surface area contributed by atoms with Crippen molar-refractivity contribution in [2.24, 2.45) is 7.05 Å². The van der Waals surface area contributed by atoms with E-state index >= 15 is 0 Å². The predicted molar refractivity (Wildman–Crippen MR) is 104 cm³/mol. The molecule has 1 N–H and O–H groups in total. The van der Waals surface area contributed by atoms with Gasteiger partial charge in [0.05, 0.1) is 18.1 Å². The van der Waals surface area contributed by atoms with Crippen LogP contribution in [0.5, 0.6) is 0 Å². The molecule has 3 heterocycles. The van der Waals surface area contributed by atoms with Gasteiger partial charge in [0.2, 0.25) is 0 Å². The Labute approximate surface area is 151 Å². The van der Waals surface area contributed by atoms with Crippen LogP contribution in [-0.4, -0.2) is 38.2 Å². The molecule has 0 aliphatic rings. The molecule has 0 amide bonds. The molecule has 0 fully saturated rings. The number of aryl methyl sites for hydroxylation is 1. The number of nitrogens with zero attached hydrogens (tertiary/aromatic N) is 6. The molecule has 0 unspecified atom stereocenters. The third-order valence-corrected chi connectivity index (χ3v) is 4.56. The van der Waals surface area contributed by atoms with E-state index in [0.29, 0.717) is 0 Å². The minimum absolute atomic E-state index is 0.719. The summed E-state index contributed by atoms with van der Waals surface area (Å²) in [5, 5.41) is 7.72. The number of fused-ring (bicyclic) bond motifs is 1. The molecule has 132 valence electrons. The Morgan fingerprint density at radius 2 is 1.96 bits per heavy atom. The molecule has 7 heteroatoms. The number of nitrogens with one attached hydrogen (secondary N) is 1. The van der Waals surface area contributed by atoms with Crippen LogP contribution >= 0.6 is 0 Å². The first kappa shape index (κ1) is 16.1. The van der Waals surface area contributed by atoms with Crippen LogP contribution in [0.15, 0.2) is 49.1 Å². The van der Waals surface area contributed by atoms with E-state index in [4.69, 9.17) is 0 Å². The van der Waals surface area contributed by atoms with Crippen LogP contribution in [0.25, 0.3) is 16.9 Å². The van der Waals surface area contributed by atoms with E-state index in [1.165, 1.54) is 0 Å². The van der Waals surface area contributed by atoms with Gasteiger partial charge in [-0.15, -0.1) is 0 Å². The zero-order valence-corrected chi connectivity index (χ0v) is 15.3. The van der Waals surface area contributed by atoms with Crippen LogP contribution in [0.2, 0.25) is 0 Å². The highest BCUT2D eigenvalue weighted by atomic mass is 15.3. The van der Waals surface area contributed by atoms with E-state index in [-0.39, 0.29) is 0 Å². The van der Waals surface area contributed by atoms with Crippen molar-refractivity contribution in [3.8, 4) is 11.3 Å². The van der Waals surface area contributed by atoms with Gasteiger partial charge in [-0.1, -0.05) is 6.07 Å². The monoisotopic (exact) mass is 347 g/mol. The normalized spacial score (nSPS) is 11.1. The van der Waals surface area contributed by atoms with Crippen molar-refractivity contribution >= 4 is 22.8 Å². The van der Waals surface area contributed by atoms with Crippen molar-refractivity contribution in [1.82, 2.24) is 24.1 Å². The third kappa shape index (κ3) is 2.67. The molecule has 0 aliphatic heterocycles. The average Bonchev–Trinajstić information content (AvgIpc) is 3.20. The summed E-state index contributed by atoms with van der Waals surface area (Å²) in [5.74, 6) is 0.719. The Balaban J connectivity index is 1.76. The van der Waals surface area contributed by atoms with Crippen molar-refractivity contribution in [2.75, 3.05) is 24.3 Å². The Morgan fingerprint density at radius 1 is 1.12 bits per heavy atom. The molecule has 1 aromatic carbocycles. The molecule has 0 saturated heterocycles. The molecule has 0 aliphatic carbocycles. The largest absolute Gasteiger partial charge is 0.378 e. The van der Waals surface area contributed by atoms with Crippen LogP contribution in [0.4, 0.5) is 17.2 Å². The summed E-state index contributed by atoms with van der Waals surface area (Å²) in [6.45, 7) is 2.05. The van der Waals surface area contributed by atoms with Gasteiger partial charge in [0.25, 0.3) is 0 Å². The van der Waals surface area contributed by atoms with E-state index in [1.54, 1.807) is 6.20 Å². The summed E-state index contributed by atoms with van der Waals surface area (Å²) >= 11 is 0. The highest BCUT2D eigenvalue weighted by Gasteiger charge is 2.14. The molecule has 3 aromatic heterocycles. The lowest BCUT2D eigenvalue weighted by Gasteiger charge is -2.14. The van der Waals surface area contributed by atoms with Crippen molar-refractivity contribution in [2.45, 2.75) is 6.92 Å². The number of aromatic nitrogens is 5. The summed E-state index contributed by atoms with van der Waals surface area (Å²) in [6.07, 6.45) is 7.43. The lowest BCUT2D eigenvalue weighted by Crippen LogP contribution is -2.08. The predicted octanol–water partition coefficient (Wildman–Crippen LogP) is 3.25. The zero-order chi connectivity index (χ0) is 18.3. The van der Waals surface area contributed by atoms with E-state index in [9.17, 15) is 0 Å². The minimum Gasteiger partial charge on any atom is -0.378 e. The molecule has 4 aromatic rings. The first-order valence-corrected chi connectivity index (χ1v) is 8.40. The molecule has 0 atom stereocenters. The number of hydrogen-bond donors (Lipinski definition) is 1. The Hall–Kier alpha value is -3.35. The van der Waals surface area contributed by atoms with Crippen molar-refractivity contribution in [3.05, 3.63) is 54.7 Å². The topological polar surface area (TPSA) is 63.3 Å². The van der Waals surface area contributed by atoms with Crippen molar-refractivity contribution in [1.29, 1.82) is 0 Å². The van der Waals surface area contributed by atoms with Gasteiger partial charge in [0, 0.05) is 56.2 Å². The highest BCUT2D eigenvalue weighted by molar-refractivity contribution is 5.75. The molecule has 0 spiro atoms. The van der Waals surface area contributed by atoms with E-state index in [2.05, 4.69) is 44.3 Å². The summed E-state index contributed by atoms with van der Waals surface area (Å²) in [6, 6.07) is 8.19. The van der Waals surface area contributed by atoms with E-state index in [1.807, 2.05) is 60.9 Å². The quantitative estimate of drug-likeness (QED) is 0.614. The van der Waals surface area contributed by atoms with Crippen LogP contribution in [0.1, 0.15) is 5.69 Å². The van der Waals surface area contributed by atoms with Gasteiger partial charge in [0.1, 0.15) is 0 Å². The number of rotatable bonds is 4. The summed E-state index contributed by atoms with van der Waals surface area (Å²) < 4.78 is 3.90. The molecule has 26 heavy (non-hydrogen) atoms. The van der Waals surface area contributed by atoms with Gasteiger partial charge in [-0.3, -0.25) is 9.08 Å². The van der Waals surface area contributed by atoms with Gasteiger partial charge in [0.15, 0.2) is 11.5 Å². The number of anilines is 3. The summed E-state index contributed by atoms with van der Waals surface area (Å²) in [7, 11) is 5.98. The number of benzene rings is 1. The van der Waals surface area contributed by atoms with Gasteiger partial charge in [-0.05, 0) is 25.1 Å². The van der Waals surface area contributed by atoms with Gasteiger partial charge in [-0.2, -0.15) is 5.10 Å². The molecule has 7 nitrogen and oxygen atoms in total. The first-order valence-electron chi connectivity index (χ1n) is 8.40. The fourth-order valence-corrected chi connectivity index (χ4v) is 2.96. The van der Waals surface area contributed by atoms with Gasteiger partial charge < -0.3 is 10.2 Å². The molecular weight excluding hydrogens is 326 g/mol. The average molecular weight is 347 g/mol. The van der Waals surface area contributed by atoms with Crippen LogP contribution in [0, 0.1) is 6.92 Å². The fourth-order valence-electron chi connectivity index (χ4n) is 2.96. The lowest BCUT2D eigenvalue weighted by molar-refractivity contribution is 0.740. The Bertz CT molecular complexity index is 1070. The van der Waals surface area contributed by atoms with Crippen LogP contribution < -0.4 is 10.2 Å². The number of imidazole rings is 1. The zero-order valence-electron chi connectivity index (χ0n) is 15.3. The second kappa shape index (κ2) is 6.18. The second-order valence-corrected chi connectivity index (χ2v) is 6.45. The van der Waals surface area contributed by atoms with Gasteiger partial charge in [-0.25, -0.2) is 9.97 Å². The minimum atomic E-state index is 0.719. The maximum atomic E-state index is 4.59. The van der Waals surface area contributed by atoms with Gasteiger partial charge >= 0.3 is 0 Å². The van der Waals surface area contributed by atoms with E-state index in [0.717, 1.165) is 39.8 Å². The van der Waals surface area contributed by atoms with Crippen LogP contribution in [0.3, 0.4) is 0 Å². The first-order chi connectivity index (χ1) is 12.5. The van der Waals surface area contributed by atoms with Crippen molar-refractivity contribution in [3.63, 3.8) is 0 Å². The van der Waals surface area contributed by atoms with Crippen LogP contribution in [-0.2, 0) is 7.05 Å². The third-order valence-electron chi connectivity index (χ3n) is 4.56. The molecule has 0 bridgehead atoms.